The van der Waals surface area contributed by atoms with E-state index in [1.807, 2.05) is 6.07 Å². The second kappa shape index (κ2) is 5.29. The Bertz CT molecular complexity index is 550. The molecule has 0 radical (unpaired) electrons. The predicted molar refractivity (Wildman–Crippen MR) is 58.9 cm³/mol. The van der Waals surface area contributed by atoms with Crippen LogP contribution in [0.25, 0.3) is 0 Å². The van der Waals surface area contributed by atoms with E-state index in [0.29, 0.717) is 11.1 Å². The van der Waals surface area contributed by atoms with Crippen molar-refractivity contribution in [2.45, 2.75) is 12.2 Å². The Balaban J connectivity index is 2.81. The van der Waals surface area contributed by atoms with Crippen molar-refractivity contribution in [2.75, 3.05) is 5.75 Å². The van der Waals surface area contributed by atoms with Gasteiger partial charge in [-0.1, -0.05) is 12.1 Å². The minimum Gasteiger partial charge on any atom is -0.228 e. The van der Waals surface area contributed by atoms with Crippen LogP contribution >= 0.6 is 0 Å². The van der Waals surface area contributed by atoms with Gasteiger partial charge in [0.2, 0.25) is 0 Å². The molecule has 16 heavy (non-hydrogen) atoms. The Kier molecular flexibility index (Phi) is 4.04. The zero-order chi connectivity index (χ0) is 12.0. The van der Waals surface area contributed by atoms with Crippen molar-refractivity contribution in [1.82, 2.24) is 0 Å². The third-order valence-electron chi connectivity index (χ3n) is 1.97. The van der Waals surface area contributed by atoms with Crippen molar-refractivity contribution in [1.29, 1.82) is 10.5 Å². The molecule has 82 valence electrons. The first kappa shape index (κ1) is 12.2. The normalized spacial score (nSPS) is 10.4. The van der Waals surface area contributed by atoms with Crippen molar-refractivity contribution in [3.05, 3.63) is 35.4 Å². The second-order valence-electron chi connectivity index (χ2n) is 3.31. The number of rotatable bonds is 4. The number of benzene rings is 1. The highest BCUT2D eigenvalue weighted by Gasteiger charge is 2.11. The lowest BCUT2D eigenvalue weighted by Gasteiger charge is -2.02. The van der Waals surface area contributed by atoms with Crippen LogP contribution in [0.2, 0.25) is 0 Å². The number of hydrogen-bond acceptors (Lipinski definition) is 4. The largest absolute Gasteiger partial charge is 0.228 e. The van der Waals surface area contributed by atoms with E-state index in [4.69, 9.17) is 10.5 Å². The summed E-state index contributed by atoms with van der Waals surface area (Å²) in [6.45, 7) is 0. The highest BCUT2D eigenvalue weighted by Crippen LogP contribution is 2.09. The topological polar surface area (TPSA) is 81.7 Å². The molecule has 0 N–H and O–H groups in total. The van der Waals surface area contributed by atoms with Crippen LogP contribution in [0.3, 0.4) is 0 Å². The molecule has 0 saturated heterocycles. The number of nitrogens with zero attached hydrogens (tertiary/aromatic N) is 2. The van der Waals surface area contributed by atoms with E-state index in [0.717, 1.165) is 0 Å². The second-order valence-corrected chi connectivity index (χ2v) is 5.50. The summed E-state index contributed by atoms with van der Waals surface area (Å²) in [6, 6.07) is 10.2. The summed E-state index contributed by atoms with van der Waals surface area (Å²) in [5.74, 6) is -0.259. The van der Waals surface area contributed by atoms with E-state index in [1.54, 1.807) is 30.3 Å². The molecule has 0 heterocycles. The molecule has 0 bridgehead atoms. The number of hydrogen-bond donors (Lipinski definition) is 0. The average Bonchev–Trinajstić information content (AvgIpc) is 2.26. The molecule has 0 aliphatic carbocycles. The van der Waals surface area contributed by atoms with Gasteiger partial charge in [0.1, 0.15) is 0 Å². The van der Waals surface area contributed by atoms with Crippen molar-refractivity contribution < 1.29 is 8.42 Å². The Morgan fingerprint density at radius 3 is 2.62 bits per heavy atom. The molecule has 0 amide bonds. The highest BCUT2D eigenvalue weighted by molar-refractivity contribution is 7.90. The standard InChI is InChI=1S/C11H10N2O2S/c12-5-2-6-16(14,15)9-11-4-1-3-10(7-11)8-13/h1,3-4,7H,2,6,9H2. The quantitative estimate of drug-likeness (QED) is 0.788. The molecule has 0 spiro atoms. The molecule has 4 nitrogen and oxygen atoms in total. The van der Waals surface area contributed by atoms with Crippen LogP contribution in [0.1, 0.15) is 17.5 Å². The number of nitriles is 2. The van der Waals surface area contributed by atoms with E-state index in [2.05, 4.69) is 0 Å². The molecule has 0 aromatic heterocycles. The van der Waals surface area contributed by atoms with E-state index in [-0.39, 0.29) is 17.9 Å². The molecule has 5 heteroatoms. The minimum atomic E-state index is -3.25. The molecule has 0 atom stereocenters. The molecular weight excluding hydrogens is 224 g/mol. The molecule has 0 saturated carbocycles. The minimum absolute atomic E-state index is 0.000272. The van der Waals surface area contributed by atoms with Crippen molar-refractivity contribution in [3.63, 3.8) is 0 Å². The maximum absolute atomic E-state index is 11.5. The summed E-state index contributed by atoms with van der Waals surface area (Å²) in [4.78, 5) is 0. The first-order chi connectivity index (χ1) is 7.57. The summed E-state index contributed by atoms with van der Waals surface area (Å²) in [7, 11) is -3.25. The lowest BCUT2D eigenvalue weighted by molar-refractivity contribution is 0.595. The van der Waals surface area contributed by atoms with E-state index >= 15 is 0 Å². The van der Waals surface area contributed by atoms with Crippen LogP contribution in [-0.2, 0) is 15.6 Å². The van der Waals surface area contributed by atoms with Gasteiger partial charge < -0.3 is 0 Å². The van der Waals surface area contributed by atoms with Gasteiger partial charge in [0.15, 0.2) is 9.84 Å². The smallest absolute Gasteiger partial charge is 0.155 e. The Labute approximate surface area is 94.7 Å². The first-order valence-corrected chi connectivity index (χ1v) is 6.46. The van der Waals surface area contributed by atoms with Gasteiger partial charge >= 0.3 is 0 Å². The van der Waals surface area contributed by atoms with Gasteiger partial charge in [-0.05, 0) is 17.7 Å². The van der Waals surface area contributed by atoms with E-state index in [1.165, 1.54) is 0 Å². The molecule has 0 aliphatic rings. The summed E-state index contributed by atoms with van der Waals surface area (Å²) < 4.78 is 23.0. The molecule has 1 rings (SSSR count). The maximum Gasteiger partial charge on any atom is 0.155 e. The first-order valence-electron chi connectivity index (χ1n) is 4.64. The Hall–Kier alpha value is -1.85. The monoisotopic (exact) mass is 234 g/mol. The van der Waals surface area contributed by atoms with Crippen molar-refractivity contribution >= 4 is 9.84 Å². The van der Waals surface area contributed by atoms with Gasteiger partial charge in [0.05, 0.1) is 29.2 Å². The molecule has 0 aliphatic heterocycles. The van der Waals surface area contributed by atoms with Crippen LogP contribution in [-0.4, -0.2) is 14.2 Å². The third kappa shape index (κ3) is 3.72. The van der Waals surface area contributed by atoms with Gasteiger partial charge in [-0.2, -0.15) is 10.5 Å². The van der Waals surface area contributed by atoms with Crippen LogP contribution in [0.4, 0.5) is 0 Å². The van der Waals surface area contributed by atoms with Crippen molar-refractivity contribution in [3.8, 4) is 12.1 Å². The number of sulfone groups is 1. The zero-order valence-electron chi connectivity index (χ0n) is 8.55. The Morgan fingerprint density at radius 1 is 1.25 bits per heavy atom. The SMILES string of the molecule is N#CCCS(=O)(=O)Cc1cccc(C#N)c1. The van der Waals surface area contributed by atoms with Gasteiger partial charge in [-0.15, -0.1) is 0 Å². The van der Waals surface area contributed by atoms with Crippen LogP contribution < -0.4 is 0 Å². The average molecular weight is 234 g/mol. The van der Waals surface area contributed by atoms with Crippen molar-refractivity contribution in [2.24, 2.45) is 0 Å². The summed E-state index contributed by atoms with van der Waals surface area (Å²) >= 11 is 0. The van der Waals surface area contributed by atoms with Gasteiger partial charge in [0, 0.05) is 6.42 Å². The third-order valence-corrected chi connectivity index (χ3v) is 3.57. The Morgan fingerprint density at radius 2 is 2.00 bits per heavy atom. The molecule has 0 fully saturated rings. The predicted octanol–water partition coefficient (Wildman–Crippen LogP) is 1.39. The molecule has 0 unspecified atom stereocenters. The molecular formula is C11H10N2O2S. The molecule has 1 aromatic rings. The fourth-order valence-corrected chi connectivity index (χ4v) is 2.49. The van der Waals surface area contributed by atoms with Gasteiger partial charge in [-0.25, -0.2) is 8.42 Å². The highest BCUT2D eigenvalue weighted by atomic mass is 32.2. The zero-order valence-corrected chi connectivity index (χ0v) is 9.37. The van der Waals surface area contributed by atoms with Crippen LogP contribution in [0.5, 0.6) is 0 Å². The summed E-state index contributed by atoms with van der Waals surface area (Å²) in [5.41, 5.74) is 1.02. The summed E-state index contributed by atoms with van der Waals surface area (Å²) in [5, 5.41) is 17.0. The van der Waals surface area contributed by atoms with Gasteiger partial charge in [0.25, 0.3) is 0 Å². The van der Waals surface area contributed by atoms with Gasteiger partial charge in [-0.3, -0.25) is 0 Å². The lowest BCUT2D eigenvalue weighted by atomic mass is 10.2. The molecule has 1 aromatic carbocycles. The lowest BCUT2D eigenvalue weighted by Crippen LogP contribution is -2.08. The van der Waals surface area contributed by atoms with Crippen LogP contribution in [0, 0.1) is 22.7 Å². The van der Waals surface area contributed by atoms with E-state index < -0.39 is 9.84 Å². The fraction of sp³-hybridized carbons (Fsp3) is 0.273. The summed E-state index contributed by atoms with van der Waals surface area (Å²) in [6.07, 6.45) is 0.000272. The maximum atomic E-state index is 11.5. The van der Waals surface area contributed by atoms with E-state index in [9.17, 15) is 8.42 Å². The van der Waals surface area contributed by atoms with Crippen LogP contribution in [0.15, 0.2) is 24.3 Å². The fourth-order valence-electron chi connectivity index (χ4n) is 1.26.